The lowest BCUT2D eigenvalue weighted by Crippen LogP contribution is -2.11. The van der Waals surface area contributed by atoms with E-state index >= 15 is 0 Å². The maximum Gasteiger partial charge on any atom is 0.338 e. The van der Waals surface area contributed by atoms with Crippen LogP contribution in [0.4, 0.5) is 0 Å². The van der Waals surface area contributed by atoms with Crippen molar-refractivity contribution >= 4 is 11.9 Å². The summed E-state index contributed by atoms with van der Waals surface area (Å²) in [7, 11) is 1.53. The van der Waals surface area contributed by atoms with Gasteiger partial charge in [-0.15, -0.1) is 6.58 Å². The van der Waals surface area contributed by atoms with Gasteiger partial charge in [-0.25, -0.2) is 9.59 Å². The van der Waals surface area contributed by atoms with Crippen molar-refractivity contribution in [3.63, 3.8) is 0 Å². The van der Waals surface area contributed by atoms with Crippen molar-refractivity contribution in [1.82, 2.24) is 0 Å². The maximum absolute atomic E-state index is 11.6. The summed E-state index contributed by atoms with van der Waals surface area (Å²) in [4.78, 5) is 23.2. The summed E-state index contributed by atoms with van der Waals surface area (Å²) in [6, 6.07) is 6.12. The van der Waals surface area contributed by atoms with E-state index in [0.29, 0.717) is 30.8 Å². The molecule has 0 saturated heterocycles. The van der Waals surface area contributed by atoms with Gasteiger partial charge in [0.1, 0.15) is 6.61 Å². The lowest BCUT2D eigenvalue weighted by molar-refractivity contribution is 0.0386. The van der Waals surface area contributed by atoms with Gasteiger partial charge in [0.2, 0.25) is 0 Å². The predicted octanol–water partition coefficient (Wildman–Crippen LogP) is 2.22. The summed E-state index contributed by atoms with van der Waals surface area (Å²) in [5.74, 6) is -0.875. The van der Waals surface area contributed by atoms with Crippen LogP contribution in [-0.2, 0) is 14.2 Å². The number of esters is 2. The van der Waals surface area contributed by atoms with Gasteiger partial charge in [-0.1, -0.05) is 6.08 Å². The highest BCUT2D eigenvalue weighted by Gasteiger charge is 2.10. The van der Waals surface area contributed by atoms with E-state index < -0.39 is 11.9 Å². The monoisotopic (exact) mass is 278 g/mol. The second-order valence-electron chi connectivity index (χ2n) is 3.92. The first-order chi connectivity index (χ1) is 9.69. The number of ether oxygens (including phenoxy) is 3. The molecule has 0 spiro atoms. The SMILES string of the molecule is C=CCCOC(=O)c1ccc(C(=O)OCCOC)cc1. The minimum absolute atomic E-state index is 0.195. The van der Waals surface area contributed by atoms with E-state index in [-0.39, 0.29) is 6.61 Å². The maximum atomic E-state index is 11.6. The molecule has 0 bridgehead atoms. The van der Waals surface area contributed by atoms with Gasteiger partial charge in [-0.3, -0.25) is 0 Å². The van der Waals surface area contributed by atoms with Crippen molar-refractivity contribution in [3.8, 4) is 0 Å². The standard InChI is InChI=1S/C15H18O5/c1-3-4-9-19-14(16)12-5-7-13(8-6-12)15(17)20-11-10-18-2/h3,5-8H,1,4,9-11H2,2H3. The second-order valence-corrected chi connectivity index (χ2v) is 3.92. The zero-order valence-corrected chi connectivity index (χ0v) is 11.5. The summed E-state index contributed by atoms with van der Waals surface area (Å²) >= 11 is 0. The van der Waals surface area contributed by atoms with Crippen LogP contribution in [0.25, 0.3) is 0 Å². The first-order valence-corrected chi connectivity index (χ1v) is 6.23. The molecule has 5 heteroatoms. The summed E-state index contributed by atoms with van der Waals surface area (Å²) < 4.78 is 14.7. The van der Waals surface area contributed by atoms with Crippen LogP contribution in [0.5, 0.6) is 0 Å². The minimum atomic E-state index is -0.450. The van der Waals surface area contributed by atoms with E-state index in [9.17, 15) is 9.59 Å². The van der Waals surface area contributed by atoms with E-state index in [1.807, 2.05) is 0 Å². The average molecular weight is 278 g/mol. The molecule has 0 aliphatic heterocycles. The average Bonchev–Trinajstić information content (AvgIpc) is 2.47. The highest BCUT2D eigenvalue weighted by molar-refractivity contribution is 5.93. The van der Waals surface area contributed by atoms with Crippen molar-refractivity contribution in [2.45, 2.75) is 6.42 Å². The van der Waals surface area contributed by atoms with E-state index in [2.05, 4.69) is 6.58 Å². The Morgan fingerprint density at radius 1 is 1.00 bits per heavy atom. The van der Waals surface area contributed by atoms with Gasteiger partial charge in [0.15, 0.2) is 0 Å². The van der Waals surface area contributed by atoms with Crippen LogP contribution >= 0.6 is 0 Å². The molecule has 0 saturated carbocycles. The van der Waals surface area contributed by atoms with Gasteiger partial charge in [0.25, 0.3) is 0 Å². The molecule has 5 nitrogen and oxygen atoms in total. The molecule has 0 fully saturated rings. The molecule has 0 unspecified atom stereocenters. The van der Waals surface area contributed by atoms with Crippen molar-refractivity contribution < 1.29 is 23.8 Å². The third-order valence-electron chi connectivity index (χ3n) is 2.43. The van der Waals surface area contributed by atoms with Gasteiger partial charge >= 0.3 is 11.9 Å². The smallest absolute Gasteiger partial charge is 0.338 e. The topological polar surface area (TPSA) is 61.8 Å². The first kappa shape index (κ1) is 15.9. The first-order valence-electron chi connectivity index (χ1n) is 6.23. The normalized spacial score (nSPS) is 9.85. The third-order valence-corrected chi connectivity index (χ3v) is 2.43. The summed E-state index contributed by atoms with van der Waals surface area (Å²) in [5, 5.41) is 0. The Morgan fingerprint density at radius 2 is 1.50 bits per heavy atom. The molecule has 0 aliphatic carbocycles. The van der Waals surface area contributed by atoms with Crippen LogP contribution in [-0.4, -0.2) is 38.9 Å². The number of methoxy groups -OCH3 is 1. The van der Waals surface area contributed by atoms with Gasteiger partial charge in [-0.05, 0) is 30.7 Å². The van der Waals surface area contributed by atoms with Crippen molar-refractivity contribution in [2.24, 2.45) is 0 Å². The van der Waals surface area contributed by atoms with Gasteiger partial charge in [0, 0.05) is 7.11 Å². The molecule has 1 rings (SSSR count). The molecule has 0 aromatic heterocycles. The number of carbonyl (C=O) groups excluding carboxylic acids is 2. The predicted molar refractivity (Wildman–Crippen MR) is 73.7 cm³/mol. The number of carbonyl (C=O) groups is 2. The van der Waals surface area contributed by atoms with Gasteiger partial charge in [0.05, 0.1) is 24.3 Å². The van der Waals surface area contributed by atoms with E-state index in [1.165, 1.54) is 31.4 Å². The van der Waals surface area contributed by atoms with Crippen molar-refractivity contribution in [3.05, 3.63) is 48.0 Å². The van der Waals surface area contributed by atoms with Gasteiger partial charge in [-0.2, -0.15) is 0 Å². The molecular formula is C15H18O5. The lowest BCUT2D eigenvalue weighted by atomic mass is 10.1. The molecule has 0 aliphatic rings. The Balaban J connectivity index is 2.52. The highest BCUT2D eigenvalue weighted by Crippen LogP contribution is 2.07. The lowest BCUT2D eigenvalue weighted by Gasteiger charge is -2.05. The zero-order valence-electron chi connectivity index (χ0n) is 11.5. The molecule has 0 N–H and O–H groups in total. The van der Waals surface area contributed by atoms with Crippen LogP contribution in [0.3, 0.4) is 0 Å². The minimum Gasteiger partial charge on any atom is -0.462 e. The van der Waals surface area contributed by atoms with Crippen LogP contribution in [0, 0.1) is 0 Å². The van der Waals surface area contributed by atoms with Gasteiger partial charge < -0.3 is 14.2 Å². The summed E-state index contributed by atoms with van der Waals surface area (Å²) in [5.41, 5.74) is 0.770. The molecule has 0 atom stereocenters. The quantitative estimate of drug-likeness (QED) is 0.414. The van der Waals surface area contributed by atoms with Crippen molar-refractivity contribution in [1.29, 1.82) is 0 Å². The fourth-order valence-corrected chi connectivity index (χ4v) is 1.36. The Morgan fingerprint density at radius 3 is 1.95 bits per heavy atom. The molecule has 0 radical (unpaired) electrons. The largest absolute Gasteiger partial charge is 0.462 e. The molecule has 0 amide bonds. The fourth-order valence-electron chi connectivity index (χ4n) is 1.36. The Bertz CT molecular complexity index is 450. The number of benzene rings is 1. The Kier molecular flexibility index (Phi) is 7.06. The van der Waals surface area contributed by atoms with Crippen molar-refractivity contribution in [2.75, 3.05) is 26.9 Å². The van der Waals surface area contributed by atoms with E-state index in [1.54, 1.807) is 6.08 Å². The zero-order chi connectivity index (χ0) is 14.8. The summed E-state index contributed by atoms with van der Waals surface area (Å²) in [6.45, 7) is 4.38. The fraction of sp³-hybridized carbons (Fsp3) is 0.333. The molecule has 20 heavy (non-hydrogen) atoms. The van der Waals surface area contributed by atoms with Crippen LogP contribution < -0.4 is 0 Å². The molecule has 0 heterocycles. The number of rotatable bonds is 8. The third kappa shape index (κ3) is 5.24. The molecule has 1 aromatic rings. The summed E-state index contributed by atoms with van der Waals surface area (Å²) in [6.07, 6.45) is 2.28. The Labute approximate surface area is 118 Å². The van der Waals surface area contributed by atoms with E-state index in [4.69, 9.17) is 14.2 Å². The highest BCUT2D eigenvalue weighted by atomic mass is 16.6. The van der Waals surface area contributed by atoms with Crippen LogP contribution in [0.15, 0.2) is 36.9 Å². The second kappa shape index (κ2) is 8.87. The number of hydrogen-bond acceptors (Lipinski definition) is 5. The molecular weight excluding hydrogens is 260 g/mol. The Hall–Kier alpha value is -2.14. The van der Waals surface area contributed by atoms with Crippen LogP contribution in [0.2, 0.25) is 0 Å². The van der Waals surface area contributed by atoms with E-state index in [0.717, 1.165) is 0 Å². The van der Waals surface area contributed by atoms with Crippen LogP contribution in [0.1, 0.15) is 27.1 Å². The number of hydrogen-bond donors (Lipinski definition) is 0. The molecule has 1 aromatic carbocycles. The molecule has 108 valence electrons.